The highest BCUT2D eigenvalue weighted by Crippen LogP contribution is 2.37. The van der Waals surface area contributed by atoms with Crippen molar-refractivity contribution in [3.8, 4) is 11.1 Å². The van der Waals surface area contributed by atoms with Crippen LogP contribution in [0.3, 0.4) is 0 Å². The Balaban J connectivity index is 1.68. The first-order valence-corrected chi connectivity index (χ1v) is 10.6. The van der Waals surface area contributed by atoms with Gasteiger partial charge in [0.25, 0.3) is 5.56 Å². The first-order chi connectivity index (χ1) is 14.5. The second kappa shape index (κ2) is 7.04. The third kappa shape index (κ3) is 2.85. The van der Waals surface area contributed by atoms with Crippen molar-refractivity contribution >= 4 is 16.6 Å². The summed E-state index contributed by atoms with van der Waals surface area (Å²) in [6.45, 7) is 6.43. The molecule has 154 valence electrons. The van der Waals surface area contributed by atoms with E-state index < -0.39 is 0 Å². The largest absolute Gasteiger partial charge is 0.311 e. The number of rotatable bonds is 2. The van der Waals surface area contributed by atoms with Crippen LogP contribution in [0.25, 0.3) is 27.7 Å². The number of nitrogens with zero attached hydrogens (tertiary/aromatic N) is 4. The zero-order valence-corrected chi connectivity index (χ0v) is 17.5. The van der Waals surface area contributed by atoms with Crippen LogP contribution in [-0.4, -0.2) is 19.2 Å². The molecule has 5 nitrogen and oxygen atoms in total. The third-order valence-corrected chi connectivity index (χ3v) is 6.87. The maximum Gasteiger partial charge on any atom is 0.261 e. The summed E-state index contributed by atoms with van der Waals surface area (Å²) < 4.78 is 17.0. The van der Waals surface area contributed by atoms with Crippen LogP contribution >= 0.6 is 0 Å². The van der Waals surface area contributed by atoms with E-state index in [2.05, 4.69) is 23.9 Å². The molecule has 1 aliphatic rings. The minimum absolute atomic E-state index is 0.00987. The quantitative estimate of drug-likeness (QED) is 0.464. The molecule has 3 unspecified atom stereocenters. The van der Waals surface area contributed by atoms with Crippen molar-refractivity contribution < 1.29 is 4.39 Å². The van der Waals surface area contributed by atoms with Gasteiger partial charge in [-0.3, -0.25) is 4.79 Å². The van der Waals surface area contributed by atoms with Crippen molar-refractivity contribution in [2.24, 2.45) is 11.8 Å². The van der Waals surface area contributed by atoms with E-state index in [1.807, 2.05) is 23.8 Å². The number of aromatic nitrogens is 4. The van der Waals surface area contributed by atoms with Gasteiger partial charge in [-0.1, -0.05) is 38.8 Å². The summed E-state index contributed by atoms with van der Waals surface area (Å²) in [4.78, 5) is 18.0. The Morgan fingerprint density at radius 3 is 2.63 bits per heavy atom. The van der Waals surface area contributed by atoms with Gasteiger partial charge in [0.15, 0.2) is 5.65 Å². The zero-order chi connectivity index (χ0) is 21.0. The van der Waals surface area contributed by atoms with Gasteiger partial charge in [-0.15, -0.1) is 0 Å². The van der Waals surface area contributed by atoms with Gasteiger partial charge in [0.2, 0.25) is 0 Å². The van der Waals surface area contributed by atoms with Gasteiger partial charge in [0.1, 0.15) is 5.82 Å². The number of benzene rings is 1. The van der Waals surface area contributed by atoms with Crippen molar-refractivity contribution in [3.05, 3.63) is 64.6 Å². The van der Waals surface area contributed by atoms with Crippen LogP contribution in [0.2, 0.25) is 0 Å². The molecule has 0 aliphatic heterocycles. The summed E-state index contributed by atoms with van der Waals surface area (Å²) in [5.41, 5.74) is 3.91. The molecule has 0 bridgehead atoms. The maximum atomic E-state index is 13.4. The second-order valence-corrected chi connectivity index (χ2v) is 8.62. The van der Waals surface area contributed by atoms with E-state index in [1.54, 1.807) is 22.8 Å². The molecular weight excluding hydrogens is 379 g/mol. The highest BCUT2D eigenvalue weighted by Gasteiger charge is 2.29. The van der Waals surface area contributed by atoms with E-state index in [1.165, 1.54) is 18.6 Å². The van der Waals surface area contributed by atoms with E-state index in [9.17, 15) is 9.18 Å². The smallest absolute Gasteiger partial charge is 0.261 e. The molecule has 3 atom stereocenters. The summed E-state index contributed by atoms with van der Waals surface area (Å²) in [6, 6.07) is 8.52. The fraction of sp³-hybridized carbons (Fsp3) is 0.375. The summed E-state index contributed by atoms with van der Waals surface area (Å²) in [7, 11) is 0. The molecule has 0 saturated heterocycles. The molecule has 1 aromatic carbocycles. The van der Waals surface area contributed by atoms with Gasteiger partial charge >= 0.3 is 0 Å². The molecule has 0 radical (unpaired) electrons. The molecule has 3 heterocycles. The van der Waals surface area contributed by atoms with Crippen molar-refractivity contribution in [2.75, 3.05) is 0 Å². The van der Waals surface area contributed by atoms with Crippen LogP contribution in [-0.2, 0) is 0 Å². The topological polar surface area (TPSA) is 52.2 Å². The first-order valence-electron chi connectivity index (χ1n) is 10.6. The van der Waals surface area contributed by atoms with E-state index in [0.717, 1.165) is 35.2 Å². The van der Waals surface area contributed by atoms with Gasteiger partial charge in [0, 0.05) is 24.0 Å². The summed E-state index contributed by atoms with van der Waals surface area (Å²) in [5, 5.41) is 5.24. The molecule has 3 aromatic heterocycles. The average molecular weight is 404 g/mol. The standard InChI is InChI=1S/C24H25FN4O/c1-14-5-4-6-20(15(14)2)28-12-11-21-19(24(28)30)13-26-23-22(16(3)27-29(21)23)17-7-9-18(25)10-8-17/h7-15,20H,4-6H2,1-3H3. The lowest BCUT2D eigenvalue weighted by atomic mass is 9.78. The fourth-order valence-electron chi connectivity index (χ4n) is 4.95. The number of aryl methyl sites for hydroxylation is 1. The number of pyridine rings is 1. The maximum absolute atomic E-state index is 13.4. The lowest BCUT2D eigenvalue weighted by Gasteiger charge is -2.35. The normalized spacial score (nSPS) is 22.1. The summed E-state index contributed by atoms with van der Waals surface area (Å²) in [5.74, 6) is 0.791. The van der Waals surface area contributed by atoms with Crippen LogP contribution in [0.4, 0.5) is 4.39 Å². The molecular formula is C24H25FN4O. The Kier molecular flexibility index (Phi) is 4.45. The Morgan fingerprint density at radius 1 is 1.10 bits per heavy atom. The van der Waals surface area contributed by atoms with Gasteiger partial charge in [0.05, 0.1) is 16.6 Å². The van der Waals surface area contributed by atoms with Crippen LogP contribution in [0.1, 0.15) is 44.8 Å². The molecule has 30 heavy (non-hydrogen) atoms. The fourth-order valence-corrected chi connectivity index (χ4v) is 4.95. The van der Waals surface area contributed by atoms with E-state index in [-0.39, 0.29) is 17.4 Å². The highest BCUT2D eigenvalue weighted by molar-refractivity contribution is 5.86. The molecule has 5 rings (SSSR count). The molecule has 4 aromatic rings. The van der Waals surface area contributed by atoms with Crippen molar-refractivity contribution in [2.45, 2.75) is 46.1 Å². The molecule has 6 heteroatoms. The van der Waals surface area contributed by atoms with Gasteiger partial charge in [-0.05, 0) is 48.9 Å². The Hall–Kier alpha value is -3.02. The SMILES string of the molecule is Cc1nn2c(ncc3c(=O)n(C4CCCC(C)C4C)ccc32)c1-c1ccc(F)cc1. The van der Waals surface area contributed by atoms with E-state index in [0.29, 0.717) is 22.9 Å². The monoisotopic (exact) mass is 404 g/mol. The number of halogens is 1. The Labute approximate surface area is 174 Å². The molecule has 1 aliphatic carbocycles. The molecule has 0 spiro atoms. The van der Waals surface area contributed by atoms with Crippen molar-refractivity contribution in [1.82, 2.24) is 19.2 Å². The van der Waals surface area contributed by atoms with Crippen LogP contribution in [0.15, 0.2) is 47.5 Å². The van der Waals surface area contributed by atoms with Crippen LogP contribution in [0.5, 0.6) is 0 Å². The lowest BCUT2D eigenvalue weighted by Crippen LogP contribution is -2.33. The van der Waals surface area contributed by atoms with Gasteiger partial charge < -0.3 is 4.57 Å². The van der Waals surface area contributed by atoms with Gasteiger partial charge in [-0.25, -0.2) is 13.9 Å². The lowest BCUT2D eigenvalue weighted by molar-refractivity contribution is 0.183. The molecule has 1 fully saturated rings. The Bertz CT molecular complexity index is 1310. The average Bonchev–Trinajstić information content (AvgIpc) is 3.08. The minimum Gasteiger partial charge on any atom is -0.311 e. The predicted octanol–water partition coefficient (Wildman–Crippen LogP) is 5.16. The second-order valence-electron chi connectivity index (χ2n) is 8.62. The van der Waals surface area contributed by atoms with E-state index >= 15 is 0 Å². The number of hydrogen-bond donors (Lipinski definition) is 0. The van der Waals surface area contributed by atoms with Crippen molar-refractivity contribution in [1.29, 1.82) is 0 Å². The van der Waals surface area contributed by atoms with Crippen molar-refractivity contribution in [3.63, 3.8) is 0 Å². The van der Waals surface area contributed by atoms with Gasteiger partial charge in [-0.2, -0.15) is 5.10 Å². The zero-order valence-electron chi connectivity index (χ0n) is 17.5. The Morgan fingerprint density at radius 2 is 1.87 bits per heavy atom. The predicted molar refractivity (Wildman–Crippen MR) is 116 cm³/mol. The minimum atomic E-state index is -0.280. The molecule has 0 N–H and O–H groups in total. The number of hydrogen-bond acceptors (Lipinski definition) is 3. The van der Waals surface area contributed by atoms with Crippen LogP contribution in [0, 0.1) is 24.6 Å². The molecule has 1 saturated carbocycles. The summed E-state index contributed by atoms with van der Waals surface area (Å²) >= 11 is 0. The van der Waals surface area contributed by atoms with Crippen LogP contribution < -0.4 is 5.56 Å². The highest BCUT2D eigenvalue weighted by atomic mass is 19.1. The molecule has 0 amide bonds. The number of fused-ring (bicyclic) bond motifs is 3. The first kappa shape index (κ1) is 19.0. The third-order valence-electron chi connectivity index (χ3n) is 6.87. The van der Waals surface area contributed by atoms with E-state index in [4.69, 9.17) is 0 Å². The summed E-state index contributed by atoms with van der Waals surface area (Å²) in [6.07, 6.45) is 6.98.